The molecule has 84 valence electrons. The minimum Gasteiger partial charge on any atom is -0.271 e. The van der Waals surface area contributed by atoms with Crippen LogP contribution in [-0.2, 0) is 7.05 Å². The molecule has 0 aliphatic carbocycles. The van der Waals surface area contributed by atoms with E-state index in [1.807, 2.05) is 18.8 Å². The molecule has 1 fully saturated rings. The first-order valence-electron chi connectivity index (χ1n) is 4.99. The Kier molecular flexibility index (Phi) is 3.56. The minimum atomic E-state index is 0.0949. The Bertz CT molecular complexity index is 315. The van der Waals surface area contributed by atoms with Gasteiger partial charge in [0, 0.05) is 12.3 Å². The Labute approximate surface area is 98.5 Å². The van der Waals surface area contributed by atoms with E-state index in [0.29, 0.717) is 10.3 Å². The highest BCUT2D eigenvalue weighted by atomic mass is 35.5. The summed E-state index contributed by atoms with van der Waals surface area (Å²) in [4.78, 5) is 0. The molecule has 3 N–H and O–H groups in total. The van der Waals surface area contributed by atoms with Gasteiger partial charge in [-0.1, -0.05) is 11.6 Å². The molecule has 1 aliphatic heterocycles. The average molecular weight is 247 g/mol. The number of hydrogen-bond acceptors (Lipinski definition) is 4. The Morgan fingerprint density at radius 3 is 3.07 bits per heavy atom. The summed E-state index contributed by atoms with van der Waals surface area (Å²) in [6.07, 6.45) is 4.10. The van der Waals surface area contributed by atoms with E-state index < -0.39 is 0 Å². The third kappa shape index (κ3) is 2.15. The van der Waals surface area contributed by atoms with Crippen LogP contribution in [0.3, 0.4) is 0 Å². The molecular weight excluding hydrogens is 232 g/mol. The van der Waals surface area contributed by atoms with Crippen molar-refractivity contribution >= 4 is 23.4 Å². The maximum Gasteiger partial charge on any atom is 0.0834 e. The molecule has 0 amide bonds. The molecule has 0 bridgehead atoms. The number of thioether (sulfide) groups is 1. The summed E-state index contributed by atoms with van der Waals surface area (Å²) < 4.78 is 1.80. The Morgan fingerprint density at radius 2 is 2.60 bits per heavy atom. The van der Waals surface area contributed by atoms with Gasteiger partial charge in [0.25, 0.3) is 0 Å². The summed E-state index contributed by atoms with van der Waals surface area (Å²) in [6, 6.07) is 0.0949. The summed E-state index contributed by atoms with van der Waals surface area (Å²) >= 11 is 8.06. The standard InChI is InChI=1S/C9H15ClN4S/c1-14-9(6(10)5-12-14)8(13-11)7-3-2-4-15-7/h5,7-8,13H,2-4,11H2,1H3. The zero-order valence-corrected chi connectivity index (χ0v) is 10.2. The topological polar surface area (TPSA) is 55.9 Å². The molecule has 4 nitrogen and oxygen atoms in total. The molecule has 1 saturated heterocycles. The molecular formula is C9H15ClN4S. The van der Waals surface area contributed by atoms with E-state index in [2.05, 4.69) is 10.5 Å². The van der Waals surface area contributed by atoms with E-state index in [-0.39, 0.29) is 6.04 Å². The summed E-state index contributed by atoms with van der Waals surface area (Å²) in [6.45, 7) is 0. The molecule has 15 heavy (non-hydrogen) atoms. The van der Waals surface area contributed by atoms with E-state index in [4.69, 9.17) is 17.4 Å². The SMILES string of the molecule is Cn1ncc(Cl)c1C(NN)C1CCCS1. The van der Waals surface area contributed by atoms with E-state index >= 15 is 0 Å². The van der Waals surface area contributed by atoms with Crippen molar-refractivity contribution in [1.29, 1.82) is 0 Å². The highest BCUT2D eigenvalue weighted by Crippen LogP contribution is 2.37. The van der Waals surface area contributed by atoms with Gasteiger partial charge in [0.2, 0.25) is 0 Å². The third-order valence-corrected chi connectivity index (χ3v) is 4.50. The molecule has 2 heterocycles. The maximum absolute atomic E-state index is 6.11. The van der Waals surface area contributed by atoms with Gasteiger partial charge in [0.15, 0.2) is 0 Å². The number of nitrogens with one attached hydrogen (secondary N) is 1. The number of nitrogens with two attached hydrogens (primary N) is 1. The number of aryl methyl sites for hydroxylation is 1. The molecule has 2 atom stereocenters. The Hall–Kier alpha value is -0.230. The van der Waals surface area contributed by atoms with Crippen LogP contribution in [0.15, 0.2) is 6.20 Å². The van der Waals surface area contributed by atoms with E-state index in [1.54, 1.807) is 10.9 Å². The van der Waals surface area contributed by atoms with E-state index in [1.165, 1.54) is 18.6 Å². The summed E-state index contributed by atoms with van der Waals surface area (Å²) in [7, 11) is 1.89. The first-order chi connectivity index (χ1) is 7.24. The number of hydrazine groups is 1. The molecule has 1 aliphatic rings. The number of rotatable bonds is 3. The van der Waals surface area contributed by atoms with E-state index in [0.717, 1.165) is 5.69 Å². The molecule has 2 unspecified atom stereocenters. The fourth-order valence-electron chi connectivity index (χ4n) is 2.00. The third-order valence-electron chi connectivity index (χ3n) is 2.75. The zero-order chi connectivity index (χ0) is 10.8. The van der Waals surface area contributed by atoms with Crippen LogP contribution < -0.4 is 11.3 Å². The largest absolute Gasteiger partial charge is 0.271 e. The lowest BCUT2D eigenvalue weighted by atomic mass is 10.1. The summed E-state index contributed by atoms with van der Waals surface area (Å²) in [5.74, 6) is 6.83. The first kappa shape index (κ1) is 11.3. The highest BCUT2D eigenvalue weighted by Gasteiger charge is 2.29. The predicted octanol–water partition coefficient (Wildman–Crippen LogP) is 1.47. The Balaban J connectivity index is 2.25. The number of nitrogens with zero attached hydrogens (tertiary/aromatic N) is 2. The monoisotopic (exact) mass is 246 g/mol. The smallest absolute Gasteiger partial charge is 0.0834 e. The van der Waals surface area contributed by atoms with Crippen LogP contribution in [-0.4, -0.2) is 20.8 Å². The fourth-order valence-corrected chi connectivity index (χ4v) is 3.65. The molecule has 0 aromatic carbocycles. The molecule has 0 spiro atoms. The van der Waals surface area contributed by atoms with Crippen molar-refractivity contribution in [2.45, 2.75) is 24.1 Å². The van der Waals surface area contributed by atoms with Crippen LogP contribution in [0.4, 0.5) is 0 Å². The van der Waals surface area contributed by atoms with Gasteiger partial charge in [-0.15, -0.1) is 0 Å². The van der Waals surface area contributed by atoms with Crippen molar-refractivity contribution in [2.24, 2.45) is 12.9 Å². The number of hydrogen-bond donors (Lipinski definition) is 2. The van der Waals surface area contributed by atoms with Gasteiger partial charge in [-0.05, 0) is 18.6 Å². The lowest BCUT2D eigenvalue weighted by Crippen LogP contribution is -2.35. The normalized spacial score (nSPS) is 23.3. The van der Waals surface area contributed by atoms with Crippen molar-refractivity contribution in [3.63, 3.8) is 0 Å². The van der Waals surface area contributed by atoms with Crippen molar-refractivity contribution in [3.8, 4) is 0 Å². The lowest BCUT2D eigenvalue weighted by Gasteiger charge is -2.22. The molecule has 0 radical (unpaired) electrons. The van der Waals surface area contributed by atoms with Gasteiger partial charge in [0.1, 0.15) is 0 Å². The highest BCUT2D eigenvalue weighted by molar-refractivity contribution is 8.00. The second-order valence-corrected chi connectivity index (χ2v) is 5.45. The van der Waals surface area contributed by atoms with Crippen LogP contribution in [0.25, 0.3) is 0 Å². The van der Waals surface area contributed by atoms with Gasteiger partial charge in [0.05, 0.1) is 23.0 Å². The second kappa shape index (κ2) is 4.74. The van der Waals surface area contributed by atoms with Crippen LogP contribution in [0.5, 0.6) is 0 Å². The van der Waals surface area contributed by atoms with Crippen molar-refractivity contribution < 1.29 is 0 Å². The van der Waals surface area contributed by atoms with Crippen molar-refractivity contribution in [2.75, 3.05) is 5.75 Å². The van der Waals surface area contributed by atoms with Gasteiger partial charge in [-0.3, -0.25) is 16.0 Å². The maximum atomic E-state index is 6.11. The molecule has 1 aromatic rings. The second-order valence-electron chi connectivity index (χ2n) is 3.70. The fraction of sp³-hybridized carbons (Fsp3) is 0.667. The average Bonchev–Trinajstić information content (AvgIpc) is 2.83. The number of aromatic nitrogens is 2. The summed E-state index contributed by atoms with van der Waals surface area (Å²) in [5, 5.41) is 5.33. The molecule has 2 rings (SSSR count). The molecule has 6 heteroatoms. The zero-order valence-electron chi connectivity index (χ0n) is 8.61. The summed E-state index contributed by atoms with van der Waals surface area (Å²) in [5.41, 5.74) is 3.85. The van der Waals surface area contributed by atoms with Crippen molar-refractivity contribution in [1.82, 2.24) is 15.2 Å². The predicted molar refractivity (Wildman–Crippen MR) is 63.8 cm³/mol. The van der Waals surface area contributed by atoms with Crippen LogP contribution >= 0.6 is 23.4 Å². The van der Waals surface area contributed by atoms with Gasteiger partial charge in [-0.25, -0.2) is 0 Å². The van der Waals surface area contributed by atoms with Crippen LogP contribution in [0.2, 0.25) is 5.02 Å². The minimum absolute atomic E-state index is 0.0949. The van der Waals surface area contributed by atoms with Gasteiger partial charge < -0.3 is 0 Å². The van der Waals surface area contributed by atoms with E-state index in [9.17, 15) is 0 Å². The van der Waals surface area contributed by atoms with Crippen LogP contribution in [0.1, 0.15) is 24.6 Å². The lowest BCUT2D eigenvalue weighted by molar-refractivity contribution is 0.485. The molecule has 0 saturated carbocycles. The first-order valence-corrected chi connectivity index (χ1v) is 6.42. The quantitative estimate of drug-likeness (QED) is 0.627. The Morgan fingerprint density at radius 1 is 1.80 bits per heavy atom. The number of halogens is 1. The molecule has 1 aromatic heterocycles. The van der Waals surface area contributed by atoms with Gasteiger partial charge in [-0.2, -0.15) is 16.9 Å². The van der Waals surface area contributed by atoms with Crippen LogP contribution in [0, 0.1) is 0 Å². The van der Waals surface area contributed by atoms with Gasteiger partial charge >= 0.3 is 0 Å². The van der Waals surface area contributed by atoms with Crippen molar-refractivity contribution in [3.05, 3.63) is 16.9 Å².